The fourth-order valence-corrected chi connectivity index (χ4v) is 4.35. The maximum Gasteiger partial charge on any atom is 0.234 e. The highest BCUT2D eigenvalue weighted by molar-refractivity contribution is 8.01. The van der Waals surface area contributed by atoms with Crippen molar-refractivity contribution in [3.05, 3.63) is 48.3 Å². The van der Waals surface area contributed by atoms with Crippen molar-refractivity contribution in [3.8, 4) is 0 Å². The Hall–Kier alpha value is -2.63. The number of nitrogens with one attached hydrogen (secondary N) is 2. The van der Waals surface area contributed by atoms with E-state index in [4.69, 9.17) is 0 Å². The number of thioether (sulfide) groups is 1. The molecule has 2 aromatic carbocycles. The molecule has 27 heavy (non-hydrogen) atoms. The minimum atomic E-state index is -0.332. The Balaban J connectivity index is 1.33. The van der Waals surface area contributed by atoms with Gasteiger partial charge in [-0.2, -0.15) is 8.73 Å². The predicted molar refractivity (Wildman–Crippen MR) is 107 cm³/mol. The smallest absolute Gasteiger partial charge is 0.234 e. The van der Waals surface area contributed by atoms with Crippen LogP contribution in [0.25, 0.3) is 0 Å². The highest BCUT2D eigenvalue weighted by atomic mass is 32.2. The lowest BCUT2D eigenvalue weighted by Gasteiger charge is -2.06. The average Bonchev–Trinajstić information content (AvgIpc) is 3.30. The van der Waals surface area contributed by atoms with Crippen LogP contribution in [0.15, 0.2) is 55.5 Å². The van der Waals surface area contributed by atoms with Crippen molar-refractivity contribution in [2.75, 3.05) is 16.4 Å². The monoisotopic (exact) mass is 418 g/mol. The van der Waals surface area contributed by atoms with Crippen LogP contribution in [0.1, 0.15) is 0 Å². The molecule has 11 heteroatoms. The number of hydrogen-bond acceptors (Lipinski definition) is 8. The van der Waals surface area contributed by atoms with Gasteiger partial charge in [-0.05, 0) is 30.3 Å². The number of anilines is 3. The van der Waals surface area contributed by atoms with Gasteiger partial charge in [-0.3, -0.25) is 4.79 Å². The highest BCUT2D eigenvalue weighted by Gasteiger charge is 2.14. The first kappa shape index (κ1) is 17.8. The molecule has 4 rings (SSSR count). The molecular weight excluding hydrogens is 407 g/mol. The Morgan fingerprint density at radius 3 is 2.93 bits per heavy atom. The third-order valence-corrected chi connectivity index (χ3v) is 5.88. The van der Waals surface area contributed by atoms with Gasteiger partial charge < -0.3 is 10.6 Å². The van der Waals surface area contributed by atoms with Crippen LogP contribution in [0.3, 0.4) is 0 Å². The number of carbonyl (C=O) groups is 1. The van der Waals surface area contributed by atoms with Crippen LogP contribution in [-0.4, -0.2) is 21.9 Å². The standard InChI is InChI=1S/C16H11FN6OS3/c17-9-3-1-4-10(7-9)18-15-20-21-16(26-15)25-8-13(24)19-11-5-2-6-12-14(11)23-27-22-12/h1-7H,8H2,(H,18,20)(H,19,24). The number of nitrogens with zero attached hydrogens (tertiary/aromatic N) is 4. The van der Waals surface area contributed by atoms with Crippen LogP contribution < -0.4 is 10.6 Å². The maximum atomic E-state index is 13.2. The summed E-state index contributed by atoms with van der Waals surface area (Å²) in [6.45, 7) is 0. The van der Waals surface area contributed by atoms with Gasteiger partial charge in [0.2, 0.25) is 11.0 Å². The van der Waals surface area contributed by atoms with Crippen molar-refractivity contribution in [2.24, 2.45) is 8.73 Å². The average molecular weight is 419 g/mol. The van der Waals surface area contributed by atoms with Crippen molar-refractivity contribution in [1.82, 2.24) is 10.2 Å². The van der Waals surface area contributed by atoms with Gasteiger partial charge in [-0.15, -0.1) is 10.2 Å². The fraction of sp³-hybridized carbons (Fsp3) is 0.0625. The SMILES string of the molecule is O=C(CSc1nnc(Nc2cccc(F)c2)s1)Nc1cccc2c1N=S=N2. The largest absolute Gasteiger partial charge is 0.330 e. The molecule has 0 bridgehead atoms. The lowest BCUT2D eigenvalue weighted by molar-refractivity contribution is -0.113. The molecule has 0 saturated carbocycles. The summed E-state index contributed by atoms with van der Waals surface area (Å²) < 4.78 is 22.2. The van der Waals surface area contributed by atoms with Crippen molar-refractivity contribution >= 4 is 68.2 Å². The van der Waals surface area contributed by atoms with Gasteiger partial charge in [-0.1, -0.05) is 35.2 Å². The zero-order chi connectivity index (χ0) is 18.6. The predicted octanol–water partition coefficient (Wildman–Crippen LogP) is 4.88. The van der Waals surface area contributed by atoms with E-state index in [1.807, 2.05) is 12.1 Å². The van der Waals surface area contributed by atoms with Crippen LogP contribution in [-0.2, 0) is 16.1 Å². The van der Waals surface area contributed by atoms with Gasteiger partial charge in [0.25, 0.3) is 0 Å². The van der Waals surface area contributed by atoms with Crippen LogP contribution >= 0.6 is 23.1 Å². The van der Waals surface area contributed by atoms with Gasteiger partial charge in [-0.25, -0.2) is 4.39 Å². The Kier molecular flexibility index (Phi) is 5.23. The molecule has 0 aliphatic carbocycles. The minimum Gasteiger partial charge on any atom is -0.330 e. The number of rotatable bonds is 6. The summed E-state index contributed by atoms with van der Waals surface area (Å²) in [6, 6.07) is 11.5. The maximum absolute atomic E-state index is 13.2. The van der Waals surface area contributed by atoms with E-state index in [1.54, 1.807) is 18.2 Å². The zero-order valence-corrected chi connectivity index (χ0v) is 16.0. The van der Waals surface area contributed by atoms with E-state index in [-0.39, 0.29) is 17.5 Å². The number of hydrogen-bond donors (Lipinski definition) is 2. The van der Waals surface area contributed by atoms with Gasteiger partial charge in [0.15, 0.2) is 4.34 Å². The number of amides is 1. The molecule has 7 nitrogen and oxygen atoms in total. The van der Waals surface area contributed by atoms with E-state index in [2.05, 4.69) is 29.6 Å². The van der Waals surface area contributed by atoms with Crippen LogP contribution in [0, 0.1) is 5.82 Å². The van der Waals surface area contributed by atoms with Crippen molar-refractivity contribution in [3.63, 3.8) is 0 Å². The quantitative estimate of drug-likeness (QED) is 0.436. The normalized spacial score (nSPS) is 11.7. The first-order valence-electron chi connectivity index (χ1n) is 7.67. The van der Waals surface area contributed by atoms with Crippen molar-refractivity contribution in [2.45, 2.75) is 4.34 Å². The van der Waals surface area contributed by atoms with E-state index in [9.17, 15) is 9.18 Å². The summed E-state index contributed by atoms with van der Waals surface area (Å²) >= 11 is 3.67. The molecule has 0 radical (unpaired) electrons. The second-order valence-electron chi connectivity index (χ2n) is 5.28. The second kappa shape index (κ2) is 7.94. The van der Waals surface area contributed by atoms with E-state index >= 15 is 0 Å². The lowest BCUT2D eigenvalue weighted by atomic mass is 10.2. The first-order chi connectivity index (χ1) is 13.2. The number of carbonyl (C=O) groups excluding carboxylic acids is 1. The van der Waals surface area contributed by atoms with Gasteiger partial charge in [0.1, 0.15) is 17.2 Å². The summed E-state index contributed by atoms with van der Waals surface area (Å²) in [4.78, 5) is 12.2. The first-order valence-corrected chi connectivity index (χ1v) is 10.2. The summed E-state index contributed by atoms with van der Waals surface area (Å²) in [5.74, 6) is -0.320. The Morgan fingerprint density at radius 2 is 2.04 bits per heavy atom. The molecule has 0 saturated heterocycles. The van der Waals surface area contributed by atoms with Crippen LogP contribution in [0.5, 0.6) is 0 Å². The number of aromatic nitrogens is 2. The van der Waals surface area contributed by atoms with E-state index in [1.165, 1.54) is 35.2 Å². The number of fused-ring (bicyclic) bond motifs is 1. The zero-order valence-electron chi connectivity index (χ0n) is 13.5. The molecule has 0 fully saturated rings. The molecule has 1 aromatic heterocycles. The second-order valence-corrected chi connectivity index (χ2v) is 8.01. The molecule has 1 aliphatic heterocycles. The third-order valence-electron chi connectivity index (χ3n) is 3.37. The molecule has 2 N–H and O–H groups in total. The molecule has 136 valence electrons. The summed E-state index contributed by atoms with van der Waals surface area (Å²) in [5.41, 5.74) is 2.66. The van der Waals surface area contributed by atoms with E-state index in [0.29, 0.717) is 26.5 Å². The van der Waals surface area contributed by atoms with E-state index in [0.717, 1.165) is 17.0 Å². The highest BCUT2D eigenvalue weighted by Crippen LogP contribution is 2.38. The molecular formula is C16H11FN6OS3. The molecule has 1 aliphatic rings. The lowest BCUT2D eigenvalue weighted by Crippen LogP contribution is -2.13. The van der Waals surface area contributed by atoms with E-state index < -0.39 is 0 Å². The van der Waals surface area contributed by atoms with Crippen LogP contribution in [0.4, 0.5) is 32.3 Å². The Bertz CT molecular complexity index is 1080. The van der Waals surface area contributed by atoms with Crippen LogP contribution in [0.2, 0.25) is 0 Å². The molecule has 0 spiro atoms. The fourth-order valence-electron chi connectivity index (χ4n) is 2.23. The molecule has 0 unspecified atom stereocenters. The summed E-state index contributed by atoms with van der Waals surface area (Å²) in [6.07, 6.45) is 0. The minimum absolute atomic E-state index is 0.171. The number of benzene rings is 2. The third kappa shape index (κ3) is 4.38. The number of halogens is 1. The topological polar surface area (TPSA) is 91.6 Å². The van der Waals surface area contributed by atoms with Gasteiger partial charge in [0.05, 0.1) is 22.8 Å². The molecule has 2 heterocycles. The Labute approximate surface area is 165 Å². The summed E-state index contributed by atoms with van der Waals surface area (Å²) in [7, 11) is 0. The van der Waals surface area contributed by atoms with Crippen molar-refractivity contribution in [1.29, 1.82) is 0 Å². The van der Waals surface area contributed by atoms with Crippen molar-refractivity contribution < 1.29 is 9.18 Å². The Morgan fingerprint density at radius 1 is 1.15 bits per heavy atom. The van der Waals surface area contributed by atoms with Gasteiger partial charge in [0, 0.05) is 5.69 Å². The summed E-state index contributed by atoms with van der Waals surface area (Å²) in [5, 5.41) is 14.4. The molecule has 3 aromatic rings. The molecule has 0 atom stereocenters. The van der Waals surface area contributed by atoms with Gasteiger partial charge >= 0.3 is 0 Å². The molecule has 1 amide bonds.